The molecule has 1 unspecified atom stereocenters. The summed E-state index contributed by atoms with van der Waals surface area (Å²) in [6, 6.07) is 11.2. The summed E-state index contributed by atoms with van der Waals surface area (Å²) in [6.07, 6.45) is 3.37. The maximum atomic E-state index is 3.52. The van der Waals surface area contributed by atoms with Gasteiger partial charge in [-0.25, -0.2) is 0 Å². The number of rotatable bonds is 6. The Morgan fingerprint density at radius 3 is 2.57 bits per heavy atom. The zero-order valence-electron chi connectivity index (χ0n) is 8.99. The zero-order valence-corrected chi connectivity index (χ0v) is 9.81. The average Bonchev–Trinajstić information content (AvgIpc) is 2.25. The van der Waals surface area contributed by atoms with E-state index in [4.69, 9.17) is 0 Å². The van der Waals surface area contributed by atoms with Crippen molar-refractivity contribution in [1.29, 1.82) is 0 Å². The normalized spacial score (nSPS) is 12.7. The molecule has 1 rings (SSSR count). The molecule has 0 aliphatic carbocycles. The van der Waals surface area contributed by atoms with E-state index in [2.05, 4.69) is 48.8 Å². The van der Waals surface area contributed by atoms with Gasteiger partial charge in [-0.15, -0.1) is 0 Å². The van der Waals surface area contributed by atoms with E-state index in [0.717, 1.165) is 6.54 Å². The number of hydrogen-bond acceptors (Lipinski definition) is 2. The molecule has 0 aliphatic heterocycles. The molecule has 0 heterocycles. The first-order valence-electron chi connectivity index (χ1n) is 5.15. The van der Waals surface area contributed by atoms with E-state index in [0.29, 0.717) is 6.04 Å². The van der Waals surface area contributed by atoms with Crippen LogP contribution in [0.5, 0.6) is 0 Å². The van der Waals surface area contributed by atoms with Crippen molar-refractivity contribution in [3.05, 3.63) is 35.9 Å². The highest BCUT2D eigenvalue weighted by atomic mass is 32.2. The number of hydrogen-bond donors (Lipinski definition) is 1. The first-order valence-corrected chi connectivity index (χ1v) is 6.55. The van der Waals surface area contributed by atoms with Crippen molar-refractivity contribution in [3.8, 4) is 0 Å². The van der Waals surface area contributed by atoms with Gasteiger partial charge in [0.25, 0.3) is 0 Å². The molecule has 1 nitrogen and oxygen atoms in total. The summed E-state index contributed by atoms with van der Waals surface area (Å²) in [5.41, 5.74) is 1.41. The minimum Gasteiger partial charge on any atom is -0.310 e. The molecule has 1 atom stereocenters. The molecule has 1 aromatic rings. The molecule has 2 heteroatoms. The lowest BCUT2D eigenvalue weighted by molar-refractivity contribution is 0.541. The van der Waals surface area contributed by atoms with Gasteiger partial charge in [0.2, 0.25) is 0 Å². The van der Waals surface area contributed by atoms with Crippen LogP contribution in [0.1, 0.15) is 24.9 Å². The molecule has 0 spiro atoms. The second kappa shape index (κ2) is 6.91. The van der Waals surface area contributed by atoms with Gasteiger partial charge >= 0.3 is 0 Å². The Morgan fingerprint density at radius 1 is 1.29 bits per heavy atom. The smallest absolute Gasteiger partial charge is 0.0327 e. The van der Waals surface area contributed by atoms with Crippen molar-refractivity contribution < 1.29 is 0 Å². The van der Waals surface area contributed by atoms with Crippen LogP contribution in [0.25, 0.3) is 0 Å². The van der Waals surface area contributed by atoms with E-state index in [1.54, 1.807) is 0 Å². The Labute approximate surface area is 91.3 Å². The Kier molecular flexibility index (Phi) is 5.72. The van der Waals surface area contributed by atoms with Crippen LogP contribution in [0.15, 0.2) is 30.3 Å². The van der Waals surface area contributed by atoms with Gasteiger partial charge < -0.3 is 5.32 Å². The Hall–Kier alpha value is -0.470. The quantitative estimate of drug-likeness (QED) is 0.772. The Morgan fingerprint density at radius 2 is 2.00 bits per heavy atom. The highest BCUT2D eigenvalue weighted by Crippen LogP contribution is 2.17. The molecule has 0 saturated carbocycles. The summed E-state index contributed by atoms with van der Waals surface area (Å²) in [5.74, 6) is 1.21. The summed E-state index contributed by atoms with van der Waals surface area (Å²) in [7, 11) is 0. The topological polar surface area (TPSA) is 12.0 Å². The zero-order chi connectivity index (χ0) is 10.2. The van der Waals surface area contributed by atoms with Gasteiger partial charge in [-0.05, 0) is 30.5 Å². The van der Waals surface area contributed by atoms with Crippen LogP contribution in [0.3, 0.4) is 0 Å². The molecule has 14 heavy (non-hydrogen) atoms. The van der Waals surface area contributed by atoms with E-state index >= 15 is 0 Å². The lowest BCUT2D eigenvalue weighted by atomic mass is 10.0. The van der Waals surface area contributed by atoms with Gasteiger partial charge in [0.15, 0.2) is 0 Å². The standard InChI is InChI=1S/C12H19NS/c1-3-13-12(9-10-14-2)11-7-5-4-6-8-11/h4-8,12-13H,3,9-10H2,1-2H3. The Bertz CT molecular complexity index is 235. The second-order valence-electron chi connectivity index (χ2n) is 3.30. The maximum absolute atomic E-state index is 3.52. The predicted molar refractivity (Wildman–Crippen MR) is 65.9 cm³/mol. The Balaban J connectivity index is 2.58. The van der Waals surface area contributed by atoms with Crippen molar-refractivity contribution in [1.82, 2.24) is 5.32 Å². The first-order chi connectivity index (χ1) is 6.88. The molecule has 0 aromatic heterocycles. The summed E-state index contributed by atoms with van der Waals surface area (Å²) in [4.78, 5) is 0. The van der Waals surface area contributed by atoms with E-state index in [-0.39, 0.29) is 0 Å². The lowest BCUT2D eigenvalue weighted by Gasteiger charge is -2.17. The predicted octanol–water partition coefficient (Wildman–Crippen LogP) is 3.09. The summed E-state index contributed by atoms with van der Waals surface area (Å²) in [6.45, 7) is 3.20. The molecule has 0 fully saturated rings. The van der Waals surface area contributed by atoms with Crippen LogP contribution < -0.4 is 5.32 Å². The highest BCUT2D eigenvalue weighted by molar-refractivity contribution is 7.98. The van der Waals surface area contributed by atoms with Gasteiger partial charge in [0, 0.05) is 6.04 Å². The molecule has 0 radical (unpaired) electrons. The summed E-state index contributed by atoms with van der Waals surface area (Å²) in [5, 5.41) is 3.52. The van der Waals surface area contributed by atoms with E-state index in [9.17, 15) is 0 Å². The number of benzene rings is 1. The maximum Gasteiger partial charge on any atom is 0.0327 e. The fourth-order valence-corrected chi connectivity index (χ4v) is 2.03. The molecular formula is C12H19NS. The van der Waals surface area contributed by atoms with Crippen LogP contribution in [0.4, 0.5) is 0 Å². The molecule has 0 saturated heterocycles. The van der Waals surface area contributed by atoms with Gasteiger partial charge in [-0.1, -0.05) is 37.3 Å². The van der Waals surface area contributed by atoms with Crippen LogP contribution >= 0.6 is 11.8 Å². The van der Waals surface area contributed by atoms with Gasteiger partial charge in [0.05, 0.1) is 0 Å². The molecule has 0 bridgehead atoms. The minimum absolute atomic E-state index is 0.522. The third kappa shape index (κ3) is 3.72. The van der Waals surface area contributed by atoms with Crippen molar-refractivity contribution in [2.45, 2.75) is 19.4 Å². The fraction of sp³-hybridized carbons (Fsp3) is 0.500. The molecular weight excluding hydrogens is 190 g/mol. The minimum atomic E-state index is 0.522. The van der Waals surface area contributed by atoms with Gasteiger partial charge in [-0.3, -0.25) is 0 Å². The third-order valence-corrected chi connectivity index (χ3v) is 2.91. The fourth-order valence-electron chi connectivity index (χ4n) is 1.55. The molecule has 0 aliphatic rings. The van der Waals surface area contributed by atoms with Crippen LogP contribution in [-0.4, -0.2) is 18.6 Å². The van der Waals surface area contributed by atoms with Crippen LogP contribution in [0, 0.1) is 0 Å². The molecule has 1 aromatic carbocycles. The monoisotopic (exact) mass is 209 g/mol. The van der Waals surface area contributed by atoms with E-state index in [1.807, 2.05) is 11.8 Å². The van der Waals surface area contributed by atoms with Crippen molar-refractivity contribution in [3.63, 3.8) is 0 Å². The molecule has 0 amide bonds. The highest BCUT2D eigenvalue weighted by Gasteiger charge is 2.08. The lowest BCUT2D eigenvalue weighted by Crippen LogP contribution is -2.21. The van der Waals surface area contributed by atoms with Crippen molar-refractivity contribution in [2.24, 2.45) is 0 Å². The SMILES string of the molecule is CCNC(CCSC)c1ccccc1. The molecule has 78 valence electrons. The van der Waals surface area contributed by atoms with Gasteiger partial charge in [-0.2, -0.15) is 11.8 Å². The largest absolute Gasteiger partial charge is 0.310 e. The number of nitrogens with one attached hydrogen (secondary N) is 1. The average molecular weight is 209 g/mol. The third-order valence-electron chi connectivity index (χ3n) is 2.26. The molecule has 1 N–H and O–H groups in total. The van der Waals surface area contributed by atoms with Crippen molar-refractivity contribution >= 4 is 11.8 Å². The summed E-state index contributed by atoms with van der Waals surface area (Å²) >= 11 is 1.91. The second-order valence-corrected chi connectivity index (χ2v) is 4.29. The van der Waals surface area contributed by atoms with Crippen molar-refractivity contribution in [2.75, 3.05) is 18.6 Å². The summed E-state index contributed by atoms with van der Waals surface area (Å²) < 4.78 is 0. The first kappa shape index (κ1) is 11.6. The van der Waals surface area contributed by atoms with E-state index in [1.165, 1.54) is 17.7 Å². The van der Waals surface area contributed by atoms with E-state index < -0.39 is 0 Å². The van der Waals surface area contributed by atoms with Crippen LogP contribution in [-0.2, 0) is 0 Å². The van der Waals surface area contributed by atoms with Crippen LogP contribution in [0.2, 0.25) is 0 Å². The number of thioether (sulfide) groups is 1. The van der Waals surface area contributed by atoms with Gasteiger partial charge in [0.1, 0.15) is 0 Å².